The Morgan fingerprint density at radius 1 is 1.38 bits per heavy atom. The van der Waals surface area contributed by atoms with Crippen molar-refractivity contribution in [3.63, 3.8) is 0 Å². The van der Waals surface area contributed by atoms with Gasteiger partial charge in [-0.05, 0) is 30.9 Å². The van der Waals surface area contributed by atoms with E-state index in [2.05, 4.69) is 4.98 Å². The van der Waals surface area contributed by atoms with Crippen molar-refractivity contribution in [2.24, 2.45) is 0 Å². The summed E-state index contributed by atoms with van der Waals surface area (Å²) in [5.74, 6) is 0. The zero-order valence-corrected chi connectivity index (χ0v) is 8.74. The van der Waals surface area contributed by atoms with Crippen LogP contribution in [0, 0.1) is 0 Å². The van der Waals surface area contributed by atoms with Gasteiger partial charge in [-0.2, -0.15) is 13.2 Å². The van der Waals surface area contributed by atoms with Gasteiger partial charge in [-0.1, -0.05) is 6.07 Å². The second-order valence-electron chi connectivity index (χ2n) is 3.73. The molecule has 0 saturated carbocycles. The van der Waals surface area contributed by atoms with Crippen molar-refractivity contribution in [3.8, 4) is 0 Å². The van der Waals surface area contributed by atoms with Crippen LogP contribution in [0.15, 0.2) is 24.5 Å². The third kappa shape index (κ3) is 5.70. The van der Waals surface area contributed by atoms with E-state index in [4.69, 9.17) is 0 Å². The lowest BCUT2D eigenvalue weighted by Gasteiger charge is -2.11. The maximum atomic E-state index is 11.8. The van der Waals surface area contributed by atoms with Crippen LogP contribution < -0.4 is 0 Å². The summed E-state index contributed by atoms with van der Waals surface area (Å²) >= 11 is 0. The Labute approximate surface area is 92.1 Å². The highest BCUT2D eigenvalue weighted by Crippen LogP contribution is 2.23. The Morgan fingerprint density at radius 2 is 2.12 bits per heavy atom. The highest BCUT2D eigenvalue weighted by molar-refractivity contribution is 5.09. The van der Waals surface area contributed by atoms with Crippen LogP contribution in [-0.2, 0) is 6.42 Å². The first-order valence-corrected chi connectivity index (χ1v) is 5.11. The molecular formula is C11H14F3NO. The molecule has 0 saturated heterocycles. The number of pyridine rings is 1. The molecule has 1 N–H and O–H groups in total. The van der Waals surface area contributed by atoms with Gasteiger partial charge in [0.15, 0.2) is 0 Å². The molecule has 16 heavy (non-hydrogen) atoms. The summed E-state index contributed by atoms with van der Waals surface area (Å²) in [6.07, 6.45) is -2.01. The molecule has 0 amide bonds. The minimum absolute atomic E-state index is 0.0368. The van der Waals surface area contributed by atoms with E-state index in [0.717, 1.165) is 5.56 Å². The number of hydrogen-bond donors (Lipinski definition) is 1. The molecule has 0 radical (unpaired) electrons. The molecule has 0 fully saturated rings. The molecule has 1 aromatic heterocycles. The molecule has 90 valence electrons. The quantitative estimate of drug-likeness (QED) is 0.848. The molecule has 0 aliphatic heterocycles. The SMILES string of the molecule is OC(CCCC(F)(F)F)Cc1cccnc1. The molecule has 2 nitrogen and oxygen atoms in total. The molecule has 0 bridgehead atoms. The first-order valence-electron chi connectivity index (χ1n) is 5.11. The molecule has 1 atom stereocenters. The van der Waals surface area contributed by atoms with Gasteiger partial charge in [0.25, 0.3) is 0 Å². The van der Waals surface area contributed by atoms with Crippen LogP contribution in [-0.4, -0.2) is 22.4 Å². The number of aliphatic hydroxyl groups excluding tert-OH is 1. The van der Waals surface area contributed by atoms with Crippen LogP contribution in [0.25, 0.3) is 0 Å². The molecule has 1 heterocycles. The fourth-order valence-corrected chi connectivity index (χ4v) is 1.43. The molecule has 1 rings (SSSR count). The van der Waals surface area contributed by atoms with Gasteiger partial charge in [0.2, 0.25) is 0 Å². The Hall–Kier alpha value is -1.10. The standard InChI is InChI=1S/C11H14F3NO/c12-11(13,14)5-1-4-10(16)7-9-3-2-6-15-8-9/h2-3,6,8,10,16H,1,4-5,7H2. The van der Waals surface area contributed by atoms with Gasteiger partial charge in [0.05, 0.1) is 6.10 Å². The molecule has 0 aromatic carbocycles. The van der Waals surface area contributed by atoms with Crippen LogP contribution in [0.5, 0.6) is 0 Å². The first kappa shape index (κ1) is 13.0. The Morgan fingerprint density at radius 3 is 2.69 bits per heavy atom. The maximum absolute atomic E-state index is 11.8. The van der Waals surface area contributed by atoms with Gasteiger partial charge in [0, 0.05) is 18.8 Å². The summed E-state index contributed by atoms with van der Waals surface area (Å²) in [6.45, 7) is 0. The molecular weight excluding hydrogens is 219 g/mol. The van der Waals surface area contributed by atoms with E-state index in [-0.39, 0.29) is 12.8 Å². The van der Waals surface area contributed by atoms with E-state index < -0.39 is 18.7 Å². The summed E-state index contributed by atoms with van der Waals surface area (Å²) in [4.78, 5) is 3.87. The van der Waals surface area contributed by atoms with E-state index in [0.29, 0.717) is 6.42 Å². The van der Waals surface area contributed by atoms with Crippen LogP contribution in [0.4, 0.5) is 13.2 Å². The minimum Gasteiger partial charge on any atom is -0.393 e. The highest BCUT2D eigenvalue weighted by atomic mass is 19.4. The number of hydrogen-bond acceptors (Lipinski definition) is 2. The Balaban J connectivity index is 2.24. The van der Waals surface area contributed by atoms with Crippen LogP contribution in [0.2, 0.25) is 0 Å². The molecule has 0 spiro atoms. The zero-order valence-electron chi connectivity index (χ0n) is 8.74. The summed E-state index contributed by atoms with van der Waals surface area (Å²) in [5, 5.41) is 9.50. The summed E-state index contributed by atoms with van der Waals surface area (Å²) in [7, 11) is 0. The number of nitrogens with zero attached hydrogens (tertiary/aromatic N) is 1. The van der Waals surface area contributed by atoms with Gasteiger partial charge in [0.1, 0.15) is 0 Å². The topological polar surface area (TPSA) is 33.1 Å². The van der Waals surface area contributed by atoms with Crippen molar-refractivity contribution in [2.75, 3.05) is 0 Å². The fourth-order valence-electron chi connectivity index (χ4n) is 1.43. The van der Waals surface area contributed by atoms with Gasteiger partial charge < -0.3 is 5.11 Å². The Bertz CT molecular complexity index is 300. The van der Waals surface area contributed by atoms with Gasteiger partial charge in [-0.3, -0.25) is 4.98 Å². The van der Waals surface area contributed by atoms with Gasteiger partial charge in [-0.25, -0.2) is 0 Å². The fraction of sp³-hybridized carbons (Fsp3) is 0.545. The lowest BCUT2D eigenvalue weighted by atomic mass is 10.0. The second-order valence-corrected chi connectivity index (χ2v) is 3.73. The minimum atomic E-state index is -4.13. The number of aromatic nitrogens is 1. The second kappa shape index (κ2) is 5.84. The Kier molecular flexibility index (Phi) is 4.73. The number of aliphatic hydroxyl groups is 1. The van der Waals surface area contributed by atoms with E-state index in [1.807, 2.05) is 0 Å². The van der Waals surface area contributed by atoms with Crippen LogP contribution in [0.1, 0.15) is 24.8 Å². The lowest BCUT2D eigenvalue weighted by Crippen LogP contribution is -2.13. The van der Waals surface area contributed by atoms with Crippen LogP contribution >= 0.6 is 0 Å². The predicted molar refractivity (Wildman–Crippen MR) is 53.9 cm³/mol. The average molecular weight is 233 g/mol. The normalized spacial score (nSPS) is 13.8. The summed E-state index contributed by atoms with van der Waals surface area (Å²) in [5.41, 5.74) is 0.835. The summed E-state index contributed by atoms with van der Waals surface area (Å²) < 4.78 is 35.5. The number of alkyl halides is 3. The van der Waals surface area contributed by atoms with E-state index in [9.17, 15) is 18.3 Å². The van der Waals surface area contributed by atoms with Crippen molar-refractivity contribution in [2.45, 2.75) is 38.0 Å². The predicted octanol–water partition coefficient (Wildman–Crippen LogP) is 2.72. The monoisotopic (exact) mass is 233 g/mol. The maximum Gasteiger partial charge on any atom is 0.389 e. The molecule has 0 aliphatic rings. The van der Waals surface area contributed by atoms with Crippen molar-refractivity contribution in [3.05, 3.63) is 30.1 Å². The van der Waals surface area contributed by atoms with Crippen molar-refractivity contribution in [1.29, 1.82) is 0 Å². The van der Waals surface area contributed by atoms with Crippen LogP contribution in [0.3, 0.4) is 0 Å². The van der Waals surface area contributed by atoms with Gasteiger partial charge >= 0.3 is 6.18 Å². The highest BCUT2D eigenvalue weighted by Gasteiger charge is 2.26. The molecule has 1 aromatic rings. The smallest absolute Gasteiger partial charge is 0.389 e. The lowest BCUT2D eigenvalue weighted by molar-refractivity contribution is -0.136. The zero-order chi connectivity index (χ0) is 12.0. The van der Waals surface area contributed by atoms with Crippen molar-refractivity contribution >= 4 is 0 Å². The van der Waals surface area contributed by atoms with E-state index in [1.165, 1.54) is 0 Å². The average Bonchev–Trinajstić information content (AvgIpc) is 2.17. The molecule has 1 unspecified atom stereocenters. The number of rotatable bonds is 5. The molecule has 0 aliphatic carbocycles. The first-order chi connectivity index (χ1) is 7.47. The summed E-state index contributed by atoms with van der Waals surface area (Å²) in [6, 6.07) is 3.53. The number of halogens is 3. The van der Waals surface area contributed by atoms with E-state index in [1.54, 1.807) is 24.5 Å². The molecule has 5 heteroatoms. The third-order valence-corrected chi connectivity index (χ3v) is 2.19. The van der Waals surface area contributed by atoms with Gasteiger partial charge in [-0.15, -0.1) is 0 Å². The third-order valence-electron chi connectivity index (χ3n) is 2.19. The van der Waals surface area contributed by atoms with E-state index >= 15 is 0 Å². The van der Waals surface area contributed by atoms with Crippen molar-refractivity contribution in [1.82, 2.24) is 4.98 Å². The van der Waals surface area contributed by atoms with Crippen molar-refractivity contribution < 1.29 is 18.3 Å². The largest absolute Gasteiger partial charge is 0.393 e.